The second-order valence-electron chi connectivity index (χ2n) is 3.49. The van der Waals surface area contributed by atoms with Gasteiger partial charge in [-0.3, -0.25) is 0 Å². The van der Waals surface area contributed by atoms with Crippen molar-refractivity contribution in [3.8, 4) is 0 Å². The molecule has 2 aromatic heterocycles. The molecule has 18 heavy (non-hydrogen) atoms. The minimum absolute atomic E-state index is 0.381. The molecule has 0 bridgehead atoms. The maximum atomic E-state index is 5.91. The Morgan fingerprint density at radius 3 is 3.00 bits per heavy atom. The summed E-state index contributed by atoms with van der Waals surface area (Å²) in [5.41, 5.74) is 3.75. The highest BCUT2D eigenvalue weighted by Gasteiger charge is 2.07. The Morgan fingerprint density at radius 1 is 1.22 bits per heavy atom. The SMILES string of the molecule is Clc1ncnc(Nc2ccc3ncsc3c2)c1Br. The zero-order valence-corrected chi connectivity index (χ0v) is 12.1. The lowest BCUT2D eigenvalue weighted by molar-refractivity contribution is 1.15. The van der Waals surface area contributed by atoms with Crippen LogP contribution >= 0.6 is 38.9 Å². The van der Waals surface area contributed by atoms with Crippen molar-refractivity contribution in [1.29, 1.82) is 0 Å². The predicted molar refractivity (Wildman–Crippen MR) is 77.6 cm³/mol. The van der Waals surface area contributed by atoms with Gasteiger partial charge in [0.05, 0.1) is 20.2 Å². The van der Waals surface area contributed by atoms with Gasteiger partial charge in [0.15, 0.2) is 0 Å². The van der Waals surface area contributed by atoms with Crippen molar-refractivity contribution in [2.45, 2.75) is 0 Å². The van der Waals surface area contributed by atoms with Crippen LogP contribution in [0.15, 0.2) is 34.5 Å². The molecule has 0 fully saturated rings. The van der Waals surface area contributed by atoms with Crippen LogP contribution in [0.3, 0.4) is 0 Å². The highest BCUT2D eigenvalue weighted by molar-refractivity contribution is 9.10. The van der Waals surface area contributed by atoms with E-state index in [0.717, 1.165) is 15.9 Å². The highest BCUT2D eigenvalue weighted by atomic mass is 79.9. The molecule has 0 unspecified atom stereocenters. The van der Waals surface area contributed by atoms with Crippen molar-refractivity contribution >= 4 is 60.6 Å². The van der Waals surface area contributed by atoms with E-state index in [1.165, 1.54) is 6.33 Å². The normalized spacial score (nSPS) is 10.8. The molecule has 3 rings (SSSR count). The van der Waals surface area contributed by atoms with Gasteiger partial charge >= 0.3 is 0 Å². The van der Waals surface area contributed by atoms with Crippen LogP contribution in [0.1, 0.15) is 0 Å². The predicted octanol–water partition coefficient (Wildman–Crippen LogP) is 4.25. The van der Waals surface area contributed by atoms with Crippen LogP contribution in [-0.2, 0) is 0 Å². The number of aromatic nitrogens is 3. The molecule has 4 nitrogen and oxygen atoms in total. The van der Waals surface area contributed by atoms with Gasteiger partial charge in [0.25, 0.3) is 0 Å². The lowest BCUT2D eigenvalue weighted by Gasteiger charge is -2.07. The number of hydrogen-bond acceptors (Lipinski definition) is 5. The van der Waals surface area contributed by atoms with E-state index in [1.54, 1.807) is 11.3 Å². The van der Waals surface area contributed by atoms with Gasteiger partial charge in [-0.2, -0.15) is 0 Å². The molecule has 0 aliphatic carbocycles. The van der Waals surface area contributed by atoms with E-state index < -0.39 is 0 Å². The van der Waals surface area contributed by atoms with Crippen molar-refractivity contribution in [3.63, 3.8) is 0 Å². The first-order valence-electron chi connectivity index (χ1n) is 5.00. The Labute approximate surface area is 120 Å². The number of anilines is 2. The quantitative estimate of drug-likeness (QED) is 0.708. The molecule has 0 spiro atoms. The maximum absolute atomic E-state index is 5.91. The molecule has 2 heterocycles. The van der Waals surface area contributed by atoms with Crippen LogP contribution in [-0.4, -0.2) is 15.0 Å². The zero-order valence-electron chi connectivity index (χ0n) is 8.89. The summed E-state index contributed by atoms with van der Waals surface area (Å²) in [6, 6.07) is 5.94. The molecule has 3 aromatic rings. The number of halogens is 2. The second-order valence-corrected chi connectivity index (χ2v) is 5.52. The minimum atomic E-state index is 0.381. The largest absolute Gasteiger partial charge is 0.339 e. The molecule has 0 saturated carbocycles. The van der Waals surface area contributed by atoms with Crippen molar-refractivity contribution in [2.24, 2.45) is 0 Å². The summed E-state index contributed by atoms with van der Waals surface area (Å²) in [5, 5.41) is 3.57. The highest BCUT2D eigenvalue weighted by Crippen LogP contribution is 2.30. The second kappa shape index (κ2) is 4.79. The Balaban J connectivity index is 1.98. The molecular formula is C11H6BrClN4S. The van der Waals surface area contributed by atoms with Crippen LogP contribution < -0.4 is 5.32 Å². The summed E-state index contributed by atoms with van der Waals surface area (Å²) < 4.78 is 1.77. The number of nitrogens with zero attached hydrogens (tertiary/aromatic N) is 3. The fourth-order valence-electron chi connectivity index (χ4n) is 1.51. The van der Waals surface area contributed by atoms with Crippen LogP contribution in [0.4, 0.5) is 11.5 Å². The van der Waals surface area contributed by atoms with E-state index in [0.29, 0.717) is 15.4 Å². The van der Waals surface area contributed by atoms with Crippen LogP contribution in [0.2, 0.25) is 5.15 Å². The number of rotatable bonds is 2. The first-order valence-corrected chi connectivity index (χ1v) is 7.05. The van der Waals surface area contributed by atoms with E-state index >= 15 is 0 Å². The van der Waals surface area contributed by atoms with Crippen LogP contribution in [0.25, 0.3) is 10.2 Å². The Kier molecular flexibility index (Phi) is 3.15. The fourth-order valence-corrected chi connectivity index (χ4v) is 2.66. The van der Waals surface area contributed by atoms with Crippen molar-refractivity contribution < 1.29 is 0 Å². The molecule has 1 N–H and O–H groups in total. The molecule has 0 aliphatic rings. The molecule has 0 radical (unpaired) electrons. The lowest BCUT2D eigenvalue weighted by atomic mass is 10.3. The number of thiazole rings is 1. The third-order valence-electron chi connectivity index (χ3n) is 2.34. The molecule has 0 aliphatic heterocycles. The average molecular weight is 342 g/mol. The molecule has 90 valence electrons. The third-order valence-corrected chi connectivity index (χ3v) is 4.40. The van der Waals surface area contributed by atoms with E-state index in [-0.39, 0.29) is 0 Å². The first kappa shape index (κ1) is 11.8. The summed E-state index contributed by atoms with van der Waals surface area (Å²) in [7, 11) is 0. The van der Waals surface area contributed by atoms with Gasteiger partial charge in [0, 0.05) is 5.69 Å². The van der Waals surface area contributed by atoms with Crippen molar-refractivity contribution in [2.75, 3.05) is 5.32 Å². The monoisotopic (exact) mass is 340 g/mol. The summed E-state index contributed by atoms with van der Waals surface area (Å²) >= 11 is 10.9. The average Bonchev–Trinajstić information content (AvgIpc) is 2.82. The smallest absolute Gasteiger partial charge is 0.149 e. The summed E-state index contributed by atoms with van der Waals surface area (Å²) in [6.07, 6.45) is 1.42. The summed E-state index contributed by atoms with van der Waals surface area (Å²) in [6.45, 7) is 0. The zero-order chi connectivity index (χ0) is 12.5. The fraction of sp³-hybridized carbons (Fsp3) is 0. The Bertz CT molecular complexity index is 715. The first-order chi connectivity index (χ1) is 8.74. The number of hydrogen-bond donors (Lipinski definition) is 1. The molecule has 7 heteroatoms. The van der Waals surface area contributed by atoms with Gasteiger partial charge in [-0.25, -0.2) is 15.0 Å². The van der Waals surface area contributed by atoms with Gasteiger partial charge < -0.3 is 5.32 Å². The van der Waals surface area contributed by atoms with Gasteiger partial charge in [0.2, 0.25) is 0 Å². The lowest BCUT2D eigenvalue weighted by Crippen LogP contribution is -1.95. The molecule has 0 amide bonds. The topological polar surface area (TPSA) is 50.7 Å². The molecule has 1 aromatic carbocycles. The third kappa shape index (κ3) is 2.19. The summed E-state index contributed by atoms with van der Waals surface area (Å²) in [5.74, 6) is 0.638. The minimum Gasteiger partial charge on any atom is -0.339 e. The molecular weight excluding hydrogens is 336 g/mol. The van der Waals surface area contributed by atoms with Gasteiger partial charge in [-0.05, 0) is 34.1 Å². The Hall–Kier alpha value is -1.24. The van der Waals surface area contributed by atoms with Crippen molar-refractivity contribution in [1.82, 2.24) is 15.0 Å². The molecule has 0 saturated heterocycles. The number of fused-ring (bicyclic) bond motifs is 1. The van der Waals surface area contributed by atoms with Crippen LogP contribution in [0, 0.1) is 0 Å². The number of benzene rings is 1. The standard InChI is InChI=1S/C11H6BrClN4S/c12-9-10(13)14-4-15-11(9)17-6-1-2-7-8(3-6)18-5-16-7/h1-5H,(H,14,15,17). The van der Waals surface area contributed by atoms with E-state index in [4.69, 9.17) is 11.6 Å². The van der Waals surface area contributed by atoms with Gasteiger partial charge in [-0.15, -0.1) is 11.3 Å². The van der Waals surface area contributed by atoms with E-state index in [9.17, 15) is 0 Å². The maximum Gasteiger partial charge on any atom is 0.149 e. The van der Waals surface area contributed by atoms with Gasteiger partial charge in [0.1, 0.15) is 17.3 Å². The van der Waals surface area contributed by atoms with E-state index in [2.05, 4.69) is 36.2 Å². The Morgan fingerprint density at radius 2 is 2.11 bits per heavy atom. The van der Waals surface area contributed by atoms with Crippen molar-refractivity contribution in [3.05, 3.63) is 39.7 Å². The summed E-state index contributed by atoms with van der Waals surface area (Å²) in [4.78, 5) is 12.3. The number of nitrogens with one attached hydrogen (secondary N) is 1. The van der Waals surface area contributed by atoms with Gasteiger partial charge in [-0.1, -0.05) is 11.6 Å². The van der Waals surface area contributed by atoms with E-state index in [1.807, 2.05) is 23.7 Å². The molecule has 0 atom stereocenters. The van der Waals surface area contributed by atoms with Crippen LogP contribution in [0.5, 0.6) is 0 Å².